The molecule has 1 aromatic rings. The van der Waals surface area contributed by atoms with Crippen molar-refractivity contribution in [3.8, 4) is 11.8 Å². The van der Waals surface area contributed by atoms with Gasteiger partial charge >= 0.3 is 12.1 Å². The average molecular weight is 318 g/mol. The fourth-order valence-corrected chi connectivity index (χ4v) is 2.37. The molecule has 122 valence electrons. The van der Waals surface area contributed by atoms with Crippen LogP contribution in [0, 0.1) is 11.3 Å². The smallest absolute Gasteiger partial charge is 0.410 e. The normalized spacial score (nSPS) is 16.5. The van der Waals surface area contributed by atoms with Crippen LogP contribution in [0.1, 0.15) is 18.4 Å². The van der Waals surface area contributed by atoms with Gasteiger partial charge in [0.15, 0.2) is 0 Å². The Morgan fingerprint density at radius 3 is 2.70 bits per heavy atom. The third-order valence-corrected chi connectivity index (χ3v) is 3.51. The van der Waals surface area contributed by atoms with Gasteiger partial charge in [-0.05, 0) is 37.1 Å². The fraction of sp³-hybridized carbons (Fsp3) is 0.438. The Balaban J connectivity index is 1.74. The molecule has 1 aliphatic heterocycles. The van der Waals surface area contributed by atoms with E-state index in [9.17, 15) is 9.59 Å². The lowest BCUT2D eigenvalue weighted by atomic mass is 10.2. The van der Waals surface area contributed by atoms with E-state index < -0.39 is 18.1 Å². The predicted molar refractivity (Wildman–Crippen MR) is 79.7 cm³/mol. The number of benzene rings is 1. The summed E-state index contributed by atoms with van der Waals surface area (Å²) in [4.78, 5) is 24.9. The molecule has 2 rings (SSSR count). The molecule has 23 heavy (non-hydrogen) atoms. The standard InChI is InChI=1S/C16H18N2O5/c1-21-16(20)18-8-2-3-14(18)15(19)23-10-9-22-13-6-4-12(11-17)5-7-13/h4-7,14H,2-3,8-10H2,1H3. The lowest BCUT2D eigenvalue weighted by Gasteiger charge is -2.21. The van der Waals surface area contributed by atoms with Crippen molar-refractivity contribution in [2.45, 2.75) is 18.9 Å². The highest BCUT2D eigenvalue weighted by Crippen LogP contribution is 2.19. The van der Waals surface area contributed by atoms with Crippen LogP contribution < -0.4 is 4.74 Å². The largest absolute Gasteiger partial charge is 0.490 e. The van der Waals surface area contributed by atoms with Crippen LogP contribution in [-0.4, -0.2) is 49.9 Å². The van der Waals surface area contributed by atoms with Crippen molar-refractivity contribution in [1.82, 2.24) is 4.90 Å². The average Bonchev–Trinajstić information content (AvgIpc) is 3.08. The maximum Gasteiger partial charge on any atom is 0.410 e. The first-order valence-electron chi connectivity index (χ1n) is 7.30. The van der Waals surface area contributed by atoms with Crippen molar-refractivity contribution in [2.24, 2.45) is 0 Å². The minimum atomic E-state index is -0.586. The number of rotatable bonds is 5. The number of carbonyl (C=O) groups excluding carboxylic acids is 2. The minimum Gasteiger partial charge on any atom is -0.490 e. The number of hydrogen-bond donors (Lipinski definition) is 0. The van der Waals surface area contributed by atoms with Gasteiger partial charge in [0.25, 0.3) is 0 Å². The van der Waals surface area contributed by atoms with E-state index in [0.717, 1.165) is 6.42 Å². The molecule has 1 aliphatic rings. The molecule has 0 bridgehead atoms. The number of likely N-dealkylation sites (tertiary alicyclic amines) is 1. The third-order valence-electron chi connectivity index (χ3n) is 3.51. The van der Waals surface area contributed by atoms with E-state index in [2.05, 4.69) is 4.74 Å². The summed E-state index contributed by atoms with van der Waals surface area (Å²) >= 11 is 0. The van der Waals surface area contributed by atoms with Crippen molar-refractivity contribution in [3.63, 3.8) is 0 Å². The molecule has 0 N–H and O–H groups in total. The molecule has 0 radical (unpaired) electrons. The van der Waals surface area contributed by atoms with E-state index in [1.54, 1.807) is 24.3 Å². The Bertz CT molecular complexity index is 593. The van der Waals surface area contributed by atoms with E-state index >= 15 is 0 Å². The van der Waals surface area contributed by atoms with Gasteiger partial charge in [0.2, 0.25) is 0 Å². The number of amides is 1. The molecule has 0 aliphatic carbocycles. The Hall–Kier alpha value is -2.75. The van der Waals surface area contributed by atoms with Crippen LogP contribution in [-0.2, 0) is 14.3 Å². The summed E-state index contributed by atoms with van der Waals surface area (Å²) in [5.74, 6) is 0.147. The molecule has 1 atom stereocenters. The Kier molecular flexibility index (Phi) is 5.80. The van der Waals surface area contributed by atoms with E-state index in [1.165, 1.54) is 12.0 Å². The van der Waals surface area contributed by atoms with Crippen LogP contribution in [0.3, 0.4) is 0 Å². The van der Waals surface area contributed by atoms with Gasteiger partial charge in [0.1, 0.15) is 25.0 Å². The Morgan fingerprint density at radius 2 is 2.04 bits per heavy atom. The third kappa shape index (κ3) is 4.36. The SMILES string of the molecule is COC(=O)N1CCCC1C(=O)OCCOc1ccc(C#N)cc1. The van der Waals surface area contributed by atoms with Crippen LogP contribution >= 0.6 is 0 Å². The van der Waals surface area contributed by atoms with E-state index in [4.69, 9.17) is 14.7 Å². The van der Waals surface area contributed by atoms with Gasteiger partial charge in [-0.25, -0.2) is 9.59 Å². The molecule has 1 fully saturated rings. The number of methoxy groups -OCH3 is 1. The van der Waals surface area contributed by atoms with Gasteiger partial charge in [0, 0.05) is 6.54 Å². The van der Waals surface area contributed by atoms with Crippen molar-refractivity contribution in [3.05, 3.63) is 29.8 Å². The van der Waals surface area contributed by atoms with Gasteiger partial charge in [-0.1, -0.05) is 0 Å². The highest BCUT2D eigenvalue weighted by atomic mass is 16.6. The molecule has 0 saturated carbocycles. The zero-order valence-electron chi connectivity index (χ0n) is 12.9. The van der Waals surface area contributed by atoms with Gasteiger partial charge in [-0.3, -0.25) is 4.90 Å². The molecule has 1 amide bonds. The van der Waals surface area contributed by atoms with Crippen molar-refractivity contribution in [2.75, 3.05) is 26.9 Å². The molecular weight excluding hydrogens is 300 g/mol. The van der Waals surface area contributed by atoms with Gasteiger partial charge in [-0.2, -0.15) is 5.26 Å². The van der Waals surface area contributed by atoms with Crippen LogP contribution in [0.2, 0.25) is 0 Å². The van der Waals surface area contributed by atoms with E-state index in [1.807, 2.05) is 6.07 Å². The first-order chi connectivity index (χ1) is 11.2. The van der Waals surface area contributed by atoms with Crippen LogP contribution in [0.4, 0.5) is 4.79 Å². The molecule has 1 aromatic carbocycles. The van der Waals surface area contributed by atoms with E-state index in [0.29, 0.717) is 24.3 Å². The number of nitriles is 1. The highest BCUT2D eigenvalue weighted by molar-refractivity contribution is 5.82. The zero-order chi connectivity index (χ0) is 16.7. The Labute approximate surface area is 134 Å². The Morgan fingerprint density at radius 1 is 1.30 bits per heavy atom. The summed E-state index contributed by atoms with van der Waals surface area (Å²) in [5, 5.41) is 8.70. The maximum atomic E-state index is 12.0. The monoisotopic (exact) mass is 318 g/mol. The lowest BCUT2D eigenvalue weighted by Crippen LogP contribution is -2.41. The second kappa shape index (κ2) is 8.03. The van der Waals surface area contributed by atoms with Gasteiger partial charge < -0.3 is 14.2 Å². The molecule has 1 heterocycles. The summed E-state index contributed by atoms with van der Waals surface area (Å²) in [6.45, 7) is 0.779. The summed E-state index contributed by atoms with van der Waals surface area (Å²) in [5.41, 5.74) is 0.549. The van der Waals surface area contributed by atoms with Crippen LogP contribution in [0.25, 0.3) is 0 Å². The second-order valence-corrected chi connectivity index (χ2v) is 4.97. The lowest BCUT2D eigenvalue weighted by molar-refractivity contribution is -0.149. The molecular formula is C16H18N2O5. The first kappa shape index (κ1) is 16.6. The molecule has 0 spiro atoms. The van der Waals surface area contributed by atoms with Gasteiger partial charge in [0.05, 0.1) is 18.7 Å². The van der Waals surface area contributed by atoms with Crippen molar-refractivity contribution >= 4 is 12.1 Å². The number of hydrogen-bond acceptors (Lipinski definition) is 6. The fourth-order valence-electron chi connectivity index (χ4n) is 2.37. The van der Waals surface area contributed by atoms with Crippen molar-refractivity contribution in [1.29, 1.82) is 5.26 Å². The predicted octanol–water partition coefficient (Wildman–Crippen LogP) is 1.71. The number of nitrogens with zero attached hydrogens (tertiary/aromatic N) is 2. The molecule has 1 unspecified atom stereocenters. The van der Waals surface area contributed by atoms with Crippen LogP contribution in [0.15, 0.2) is 24.3 Å². The molecule has 1 saturated heterocycles. The summed E-state index contributed by atoms with van der Waals surface area (Å²) in [6.07, 6.45) is 0.805. The van der Waals surface area contributed by atoms with Gasteiger partial charge in [-0.15, -0.1) is 0 Å². The highest BCUT2D eigenvalue weighted by Gasteiger charge is 2.35. The molecule has 7 nitrogen and oxygen atoms in total. The molecule has 0 aromatic heterocycles. The topological polar surface area (TPSA) is 88.9 Å². The first-order valence-corrected chi connectivity index (χ1v) is 7.30. The maximum absolute atomic E-state index is 12.0. The summed E-state index contributed by atoms with van der Waals surface area (Å²) in [7, 11) is 1.29. The second-order valence-electron chi connectivity index (χ2n) is 4.97. The zero-order valence-corrected chi connectivity index (χ0v) is 12.9. The number of carbonyl (C=O) groups is 2. The quantitative estimate of drug-likeness (QED) is 0.606. The van der Waals surface area contributed by atoms with Crippen LogP contribution in [0.5, 0.6) is 5.75 Å². The number of esters is 1. The number of ether oxygens (including phenoxy) is 3. The molecule has 7 heteroatoms. The summed E-state index contributed by atoms with van der Waals surface area (Å²) < 4.78 is 15.2. The minimum absolute atomic E-state index is 0.0876. The summed E-state index contributed by atoms with van der Waals surface area (Å²) in [6, 6.07) is 8.08. The van der Waals surface area contributed by atoms with E-state index in [-0.39, 0.29) is 13.2 Å². The van der Waals surface area contributed by atoms with Crippen molar-refractivity contribution < 1.29 is 23.8 Å².